The number of alkyl halides is 1. The first-order valence-corrected chi connectivity index (χ1v) is 11.0. The fourth-order valence-electron chi connectivity index (χ4n) is 2.82. The van der Waals surface area contributed by atoms with E-state index in [2.05, 4.69) is 42.0 Å². The van der Waals surface area contributed by atoms with E-state index in [0.717, 1.165) is 49.6 Å². The van der Waals surface area contributed by atoms with E-state index in [4.69, 9.17) is 0 Å². The molecule has 0 heterocycles. The molecule has 0 aromatic heterocycles. The number of carbonyl (C=O) groups is 1. The van der Waals surface area contributed by atoms with Gasteiger partial charge in [-0.2, -0.15) is 0 Å². The Morgan fingerprint density at radius 1 is 1.11 bits per heavy atom. The van der Waals surface area contributed by atoms with Crippen molar-refractivity contribution in [1.29, 1.82) is 0 Å². The molecule has 0 saturated heterocycles. The molecule has 1 aromatic carbocycles. The van der Waals surface area contributed by atoms with Crippen LogP contribution in [0, 0.1) is 17.0 Å². The van der Waals surface area contributed by atoms with E-state index in [9.17, 15) is 13.6 Å². The summed E-state index contributed by atoms with van der Waals surface area (Å²) >= 11 is 3.48. The predicted molar refractivity (Wildman–Crippen MR) is 113 cm³/mol. The molecule has 0 unspecified atom stereocenters. The number of rotatable bonds is 12. The van der Waals surface area contributed by atoms with Crippen LogP contribution < -0.4 is 5.32 Å². The van der Waals surface area contributed by atoms with Gasteiger partial charge in [0, 0.05) is 24.5 Å². The first-order chi connectivity index (χ1) is 12.8. The van der Waals surface area contributed by atoms with Gasteiger partial charge in [0.25, 0.3) is 0 Å². The summed E-state index contributed by atoms with van der Waals surface area (Å²) in [4.78, 5) is 14.4. The van der Waals surface area contributed by atoms with Crippen molar-refractivity contribution in [2.75, 3.05) is 23.7 Å². The maximum Gasteiger partial charge on any atom is 0.321 e. The summed E-state index contributed by atoms with van der Waals surface area (Å²) in [5.41, 5.74) is 0.128. The lowest BCUT2D eigenvalue weighted by molar-refractivity contribution is 0.195. The number of benzene rings is 1. The molecule has 0 aliphatic heterocycles. The Kier molecular flexibility index (Phi) is 10.9. The summed E-state index contributed by atoms with van der Waals surface area (Å²) < 4.78 is 26.9. The lowest BCUT2D eigenvalue weighted by atomic mass is 9.86. The summed E-state index contributed by atoms with van der Waals surface area (Å²) in [6.07, 6.45) is 7.43. The number of halogens is 3. The van der Waals surface area contributed by atoms with Gasteiger partial charge in [0.05, 0.1) is 5.69 Å². The molecule has 0 bridgehead atoms. The largest absolute Gasteiger partial charge is 0.325 e. The fraction of sp³-hybridized carbons (Fsp3) is 0.667. The van der Waals surface area contributed by atoms with Crippen LogP contribution in [0.4, 0.5) is 19.3 Å². The number of nitrogens with one attached hydrogen (secondary N) is 1. The van der Waals surface area contributed by atoms with Gasteiger partial charge in [0.15, 0.2) is 0 Å². The van der Waals surface area contributed by atoms with E-state index >= 15 is 0 Å². The number of nitrogens with zero attached hydrogens (tertiary/aromatic N) is 1. The SMILES string of the molecule is CCCCCCCN(CCC(C)(C)CCBr)C(=O)Nc1ccc(F)cc1F. The highest BCUT2D eigenvalue weighted by atomic mass is 79.9. The second kappa shape index (κ2) is 12.3. The van der Waals surface area contributed by atoms with E-state index in [1.165, 1.54) is 18.9 Å². The van der Waals surface area contributed by atoms with E-state index in [-0.39, 0.29) is 17.1 Å². The molecule has 0 radical (unpaired) electrons. The van der Waals surface area contributed by atoms with Crippen molar-refractivity contribution in [2.45, 2.75) is 65.7 Å². The zero-order valence-electron chi connectivity index (χ0n) is 16.8. The van der Waals surface area contributed by atoms with Crippen molar-refractivity contribution in [3.8, 4) is 0 Å². The smallest absolute Gasteiger partial charge is 0.321 e. The molecule has 0 aliphatic rings. The normalized spacial score (nSPS) is 11.5. The molecule has 3 nitrogen and oxygen atoms in total. The number of hydrogen-bond donors (Lipinski definition) is 1. The van der Waals surface area contributed by atoms with Gasteiger partial charge in [-0.1, -0.05) is 62.4 Å². The maximum absolute atomic E-state index is 13.9. The molecule has 0 aliphatic carbocycles. The molecule has 2 amide bonds. The number of amides is 2. The number of carbonyl (C=O) groups excluding carboxylic acids is 1. The van der Waals surface area contributed by atoms with Gasteiger partial charge in [0.2, 0.25) is 0 Å². The Hall–Kier alpha value is -1.17. The van der Waals surface area contributed by atoms with Crippen LogP contribution in [-0.2, 0) is 0 Å². The lowest BCUT2D eigenvalue weighted by Crippen LogP contribution is -2.38. The minimum Gasteiger partial charge on any atom is -0.325 e. The molecule has 27 heavy (non-hydrogen) atoms. The molecule has 0 spiro atoms. The first kappa shape index (κ1) is 23.9. The summed E-state index contributed by atoms with van der Waals surface area (Å²) in [6, 6.07) is 2.86. The van der Waals surface area contributed by atoms with Crippen LogP contribution in [0.5, 0.6) is 0 Å². The van der Waals surface area contributed by atoms with Gasteiger partial charge < -0.3 is 10.2 Å². The topological polar surface area (TPSA) is 32.3 Å². The number of anilines is 1. The van der Waals surface area contributed by atoms with Crippen molar-refractivity contribution < 1.29 is 13.6 Å². The van der Waals surface area contributed by atoms with Gasteiger partial charge in [-0.15, -0.1) is 0 Å². The van der Waals surface area contributed by atoms with Crippen LogP contribution in [0.2, 0.25) is 0 Å². The molecule has 0 fully saturated rings. The number of unbranched alkanes of at least 4 members (excludes halogenated alkanes) is 4. The Labute approximate surface area is 171 Å². The van der Waals surface area contributed by atoms with Gasteiger partial charge in [-0.05, 0) is 36.8 Å². The standard InChI is InChI=1S/C21H33BrF2N2O/c1-4-5-6-7-8-14-26(15-12-21(2,3)11-13-22)20(27)25-19-10-9-17(23)16-18(19)24/h9-10,16H,4-8,11-15H2,1-3H3,(H,25,27). The van der Waals surface area contributed by atoms with Crippen LogP contribution in [-0.4, -0.2) is 29.4 Å². The monoisotopic (exact) mass is 446 g/mol. The van der Waals surface area contributed by atoms with Crippen LogP contribution in [0.15, 0.2) is 18.2 Å². The Morgan fingerprint density at radius 2 is 1.81 bits per heavy atom. The minimum absolute atomic E-state index is 0.0112. The summed E-state index contributed by atoms with van der Waals surface area (Å²) in [6.45, 7) is 7.80. The van der Waals surface area contributed by atoms with E-state index < -0.39 is 11.6 Å². The molecule has 154 valence electrons. The van der Waals surface area contributed by atoms with Gasteiger partial charge >= 0.3 is 6.03 Å². The average Bonchev–Trinajstić information content (AvgIpc) is 2.59. The summed E-state index contributed by atoms with van der Waals surface area (Å²) in [7, 11) is 0. The fourth-order valence-corrected chi connectivity index (χ4v) is 3.90. The lowest BCUT2D eigenvalue weighted by Gasteiger charge is -2.29. The minimum atomic E-state index is -0.758. The quantitative estimate of drug-likeness (QED) is 0.272. The predicted octanol–water partition coefficient (Wildman–Crippen LogP) is 6.97. The molecule has 1 rings (SSSR count). The van der Waals surface area contributed by atoms with Crippen LogP contribution >= 0.6 is 15.9 Å². The Morgan fingerprint density at radius 3 is 2.44 bits per heavy atom. The second-order valence-electron chi connectivity index (χ2n) is 7.81. The average molecular weight is 447 g/mol. The van der Waals surface area contributed by atoms with Crippen LogP contribution in [0.1, 0.15) is 65.7 Å². The molecule has 1 aromatic rings. The molecular formula is C21H33BrF2N2O. The molecule has 0 atom stereocenters. The highest BCUT2D eigenvalue weighted by molar-refractivity contribution is 9.09. The molecule has 6 heteroatoms. The zero-order valence-corrected chi connectivity index (χ0v) is 18.4. The maximum atomic E-state index is 13.9. The number of hydrogen-bond acceptors (Lipinski definition) is 1. The molecular weight excluding hydrogens is 414 g/mol. The van der Waals surface area contributed by atoms with E-state index in [1.807, 2.05) is 0 Å². The van der Waals surface area contributed by atoms with Crippen LogP contribution in [0.25, 0.3) is 0 Å². The second-order valence-corrected chi connectivity index (χ2v) is 8.60. The van der Waals surface area contributed by atoms with E-state index in [0.29, 0.717) is 13.1 Å². The third kappa shape index (κ3) is 9.54. The van der Waals surface area contributed by atoms with Crippen molar-refractivity contribution in [1.82, 2.24) is 4.90 Å². The number of urea groups is 1. The van der Waals surface area contributed by atoms with Crippen LogP contribution in [0.3, 0.4) is 0 Å². The third-order valence-electron chi connectivity index (χ3n) is 4.82. The first-order valence-electron chi connectivity index (χ1n) is 9.86. The Bertz CT molecular complexity index is 581. The summed E-state index contributed by atoms with van der Waals surface area (Å²) in [5, 5.41) is 3.51. The van der Waals surface area contributed by atoms with E-state index in [1.54, 1.807) is 4.90 Å². The van der Waals surface area contributed by atoms with Crippen molar-refractivity contribution >= 4 is 27.6 Å². The molecule has 1 N–H and O–H groups in total. The van der Waals surface area contributed by atoms with Crippen molar-refractivity contribution in [3.63, 3.8) is 0 Å². The van der Waals surface area contributed by atoms with Gasteiger partial charge in [-0.25, -0.2) is 13.6 Å². The third-order valence-corrected chi connectivity index (χ3v) is 5.22. The highest BCUT2D eigenvalue weighted by Gasteiger charge is 2.21. The zero-order chi connectivity index (χ0) is 20.3. The molecule has 0 saturated carbocycles. The van der Waals surface area contributed by atoms with Crippen molar-refractivity contribution in [3.05, 3.63) is 29.8 Å². The Balaban J connectivity index is 2.70. The van der Waals surface area contributed by atoms with Gasteiger partial charge in [-0.3, -0.25) is 0 Å². The summed E-state index contributed by atoms with van der Waals surface area (Å²) in [5.74, 6) is -1.42. The highest BCUT2D eigenvalue weighted by Crippen LogP contribution is 2.26. The van der Waals surface area contributed by atoms with Crippen molar-refractivity contribution in [2.24, 2.45) is 5.41 Å². The van der Waals surface area contributed by atoms with Gasteiger partial charge in [0.1, 0.15) is 11.6 Å².